The molecule has 0 saturated carbocycles. The SMILES string of the molecule is C[C@H](CN1CCSc2ccccc21)Oc1ccccc1. The number of ether oxygens (including phenoxy) is 1. The molecule has 1 aliphatic heterocycles. The van der Waals surface area contributed by atoms with Crippen LogP contribution in [0, 0.1) is 0 Å². The molecule has 2 nitrogen and oxygen atoms in total. The van der Waals surface area contributed by atoms with E-state index in [0.29, 0.717) is 0 Å². The molecule has 0 saturated heterocycles. The number of hydrogen-bond donors (Lipinski definition) is 0. The minimum atomic E-state index is 0.175. The summed E-state index contributed by atoms with van der Waals surface area (Å²) in [5, 5.41) is 0. The number of hydrogen-bond acceptors (Lipinski definition) is 3. The summed E-state index contributed by atoms with van der Waals surface area (Å²) in [6.07, 6.45) is 0.175. The molecule has 20 heavy (non-hydrogen) atoms. The molecular weight excluding hydrogens is 266 g/mol. The Labute approximate surface area is 124 Å². The summed E-state index contributed by atoms with van der Waals surface area (Å²) in [7, 11) is 0. The Bertz CT molecular complexity index is 558. The summed E-state index contributed by atoms with van der Waals surface area (Å²) in [4.78, 5) is 3.81. The maximum Gasteiger partial charge on any atom is 0.119 e. The molecule has 0 unspecified atom stereocenters. The van der Waals surface area contributed by atoms with Crippen LogP contribution in [0.5, 0.6) is 5.75 Å². The molecule has 1 aliphatic rings. The first-order valence-corrected chi connectivity index (χ1v) is 8.00. The van der Waals surface area contributed by atoms with Crippen molar-refractivity contribution in [1.29, 1.82) is 0 Å². The predicted octanol–water partition coefficient (Wildman–Crippen LogP) is 4.07. The van der Waals surface area contributed by atoms with Crippen LogP contribution < -0.4 is 9.64 Å². The average molecular weight is 285 g/mol. The van der Waals surface area contributed by atoms with E-state index in [1.165, 1.54) is 10.6 Å². The Morgan fingerprint density at radius 3 is 2.70 bits per heavy atom. The van der Waals surface area contributed by atoms with E-state index in [9.17, 15) is 0 Å². The zero-order chi connectivity index (χ0) is 13.8. The van der Waals surface area contributed by atoms with Gasteiger partial charge < -0.3 is 9.64 Å². The van der Waals surface area contributed by atoms with Crippen molar-refractivity contribution >= 4 is 17.4 Å². The van der Waals surface area contributed by atoms with Crippen LogP contribution in [0.1, 0.15) is 6.92 Å². The van der Waals surface area contributed by atoms with Gasteiger partial charge in [-0.25, -0.2) is 0 Å². The van der Waals surface area contributed by atoms with Crippen molar-refractivity contribution in [2.45, 2.75) is 17.9 Å². The van der Waals surface area contributed by atoms with E-state index in [4.69, 9.17) is 4.74 Å². The van der Waals surface area contributed by atoms with Gasteiger partial charge in [-0.1, -0.05) is 30.3 Å². The minimum Gasteiger partial charge on any atom is -0.489 e. The van der Waals surface area contributed by atoms with Gasteiger partial charge >= 0.3 is 0 Å². The maximum atomic E-state index is 5.98. The molecule has 1 atom stereocenters. The zero-order valence-corrected chi connectivity index (χ0v) is 12.5. The molecule has 3 rings (SSSR count). The van der Waals surface area contributed by atoms with E-state index in [-0.39, 0.29) is 6.10 Å². The highest BCUT2D eigenvalue weighted by Crippen LogP contribution is 2.34. The van der Waals surface area contributed by atoms with Gasteiger partial charge in [0.15, 0.2) is 0 Å². The van der Waals surface area contributed by atoms with E-state index in [1.54, 1.807) is 0 Å². The molecule has 104 valence electrons. The number of para-hydroxylation sites is 2. The van der Waals surface area contributed by atoms with Crippen LogP contribution in [0.2, 0.25) is 0 Å². The summed E-state index contributed by atoms with van der Waals surface area (Å²) in [5.41, 5.74) is 1.34. The van der Waals surface area contributed by atoms with Gasteiger partial charge in [-0.15, -0.1) is 11.8 Å². The van der Waals surface area contributed by atoms with Crippen LogP contribution in [0.4, 0.5) is 5.69 Å². The fourth-order valence-electron chi connectivity index (χ4n) is 2.50. The molecule has 3 heteroatoms. The molecule has 0 bridgehead atoms. The lowest BCUT2D eigenvalue weighted by Crippen LogP contribution is -2.37. The molecule has 0 fully saturated rings. The molecule has 2 aromatic rings. The van der Waals surface area contributed by atoms with Crippen molar-refractivity contribution in [3.05, 3.63) is 54.6 Å². The second-order valence-electron chi connectivity index (χ2n) is 5.00. The number of nitrogens with zero attached hydrogens (tertiary/aromatic N) is 1. The van der Waals surface area contributed by atoms with E-state index < -0.39 is 0 Å². The van der Waals surface area contributed by atoms with E-state index >= 15 is 0 Å². The maximum absolute atomic E-state index is 5.98. The fraction of sp³-hybridized carbons (Fsp3) is 0.294. The van der Waals surface area contributed by atoms with Crippen LogP contribution in [0.15, 0.2) is 59.5 Å². The van der Waals surface area contributed by atoms with Gasteiger partial charge in [0.2, 0.25) is 0 Å². The normalized spacial score (nSPS) is 15.6. The third kappa shape index (κ3) is 3.10. The Morgan fingerprint density at radius 2 is 1.85 bits per heavy atom. The van der Waals surface area contributed by atoms with Gasteiger partial charge in [-0.3, -0.25) is 0 Å². The summed E-state index contributed by atoms with van der Waals surface area (Å²) in [6.45, 7) is 4.15. The first-order chi connectivity index (χ1) is 9.83. The largest absolute Gasteiger partial charge is 0.489 e. The van der Waals surface area contributed by atoms with E-state index in [0.717, 1.165) is 24.6 Å². The molecule has 0 aromatic heterocycles. The minimum absolute atomic E-state index is 0.175. The molecule has 1 heterocycles. The Morgan fingerprint density at radius 1 is 1.10 bits per heavy atom. The lowest BCUT2D eigenvalue weighted by molar-refractivity contribution is 0.226. The number of thioether (sulfide) groups is 1. The summed E-state index contributed by atoms with van der Waals surface area (Å²) in [6, 6.07) is 18.7. The quantitative estimate of drug-likeness (QED) is 0.840. The summed E-state index contributed by atoms with van der Waals surface area (Å²) < 4.78 is 5.98. The predicted molar refractivity (Wildman–Crippen MR) is 85.9 cm³/mol. The van der Waals surface area contributed by atoms with Crippen LogP contribution in [-0.2, 0) is 0 Å². The fourth-order valence-corrected chi connectivity index (χ4v) is 3.55. The van der Waals surface area contributed by atoms with Crippen molar-refractivity contribution in [1.82, 2.24) is 0 Å². The monoisotopic (exact) mass is 285 g/mol. The third-order valence-corrected chi connectivity index (χ3v) is 4.43. The van der Waals surface area contributed by atoms with Gasteiger partial charge in [0.05, 0.1) is 12.2 Å². The highest BCUT2D eigenvalue weighted by molar-refractivity contribution is 7.99. The van der Waals surface area contributed by atoms with Crippen LogP contribution in [0.3, 0.4) is 0 Å². The molecule has 0 aliphatic carbocycles. The van der Waals surface area contributed by atoms with Gasteiger partial charge in [0.1, 0.15) is 11.9 Å². The highest BCUT2D eigenvalue weighted by atomic mass is 32.2. The molecule has 0 N–H and O–H groups in total. The van der Waals surface area contributed by atoms with E-state index in [1.807, 2.05) is 42.1 Å². The molecular formula is C17H19NOS. The van der Waals surface area contributed by atoms with Crippen molar-refractivity contribution in [3.63, 3.8) is 0 Å². The van der Waals surface area contributed by atoms with Crippen molar-refractivity contribution in [3.8, 4) is 5.75 Å². The van der Waals surface area contributed by atoms with Gasteiger partial charge in [0, 0.05) is 17.2 Å². The third-order valence-electron chi connectivity index (χ3n) is 3.38. The lowest BCUT2D eigenvalue weighted by Gasteiger charge is -2.32. The Kier molecular flexibility index (Phi) is 4.16. The number of anilines is 1. The van der Waals surface area contributed by atoms with Crippen molar-refractivity contribution < 1.29 is 4.74 Å². The molecule has 0 radical (unpaired) electrons. The van der Waals surface area contributed by atoms with E-state index in [2.05, 4.69) is 36.1 Å². The van der Waals surface area contributed by atoms with Gasteiger partial charge in [0.25, 0.3) is 0 Å². The first-order valence-electron chi connectivity index (χ1n) is 7.01. The Hall–Kier alpha value is -1.61. The second kappa shape index (κ2) is 6.23. The van der Waals surface area contributed by atoms with Gasteiger partial charge in [-0.2, -0.15) is 0 Å². The summed E-state index contributed by atoms with van der Waals surface area (Å²) in [5.74, 6) is 2.09. The average Bonchev–Trinajstić information content (AvgIpc) is 2.48. The Balaban J connectivity index is 1.66. The molecule has 0 spiro atoms. The number of fused-ring (bicyclic) bond motifs is 1. The van der Waals surface area contributed by atoms with Crippen molar-refractivity contribution in [2.75, 3.05) is 23.7 Å². The first kappa shape index (κ1) is 13.4. The van der Waals surface area contributed by atoms with Crippen LogP contribution in [-0.4, -0.2) is 24.9 Å². The van der Waals surface area contributed by atoms with Gasteiger partial charge in [-0.05, 0) is 31.2 Å². The highest BCUT2D eigenvalue weighted by Gasteiger charge is 2.19. The second-order valence-corrected chi connectivity index (χ2v) is 6.14. The zero-order valence-electron chi connectivity index (χ0n) is 11.7. The van der Waals surface area contributed by atoms with Crippen LogP contribution >= 0.6 is 11.8 Å². The van der Waals surface area contributed by atoms with Crippen LogP contribution in [0.25, 0.3) is 0 Å². The van der Waals surface area contributed by atoms with Crippen molar-refractivity contribution in [2.24, 2.45) is 0 Å². The molecule has 2 aromatic carbocycles. The number of benzene rings is 2. The smallest absolute Gasteiger partial charge is 0.119 e. The molecule has 0 amide bonds. The number of rotatable bonds is 4. The summed E-state index contributed by atoms with van der Waals surface area (Å²) >= 11 is 1.94. The topological polar surface area (TPSA) is 12.5 Å². The standard InChI is InChI=1S/C17H19NOS/c1-14(19-15-7-3-2-4-8-15)13-18-11-12-20-17-10-6-5-9-16(17)18/h2-10,14H,11-13H2,1H3/t14-/m1/s1. The lowest BCUT2D eigenvalue weighted by atomic mass is 10.2.